The van der Waals surface area contributed by atoms with Crippen LogP contribution in [0.5, 0.6) is 11.5 Å². The second kappa shape index (κ2) is 7.53. The number of hydrogen-bond donors (Lipinski definition) is 1. The Morgan fingerprint density at radius 3 is 2.52 bits per heavy atom. The van der Waals surface area contributed by atoms with Gasteiger partial charge in [-0.05, 0) is 24.3 Å². The molecule has 2 aromatic rings. The standard InChI is InChI=1S/C21H23N3O5/c25-20(23-15-1-2-18-19(13-15)27-10-9-26-18)17-14-16(3-6-22-17)24-7-4-21(5-8-24)28-11-12-29-21/h1-3,6,13-14H,4-5,7-12H2,(H,23,25). The van der Waals surface area contributed by atoms with Crippen LogP contribution in [-0.4, -0.2) is 56.2 Å². The van der Waals surface area contributed by atoms with E-state index in [1.165, 1.54) is 0 Å². The minimum absolute atomic E-state index is 0.264. The number of aromatic nitrogens is 1. The Kier molecular flexibility index (Phi) is 4.73. The van der Waals surface area contributed by atoms with Gasteiger partial charge < -0.3 is 29.2 Å². The Bertz CT molecular complexity index is 903. The van der Waals surface area contributed by atoms with Crippen molar-refractivity contribution >= 4 is 17.3 Å². The molecule has 0 radical (unpaired) electrons. The predicted molar refractivity (Wildman–Crippen MR) is 106 cm³/mol. The van der Waals surface area contributed by atoms with Gasteiger partial charge in [-0.3, -0.25) is 9.78 Å². The van der Waals surface area contributed by atoms with Crippen molar-refractivity contribution in [3.63, 3.8) is 0 Å². The van der Waals surface area contributed by atoms with E-state index in [4.69, 9.17) is 18.9 Å². The minimum atomic E-state index is -0.415. The van der Waals surface area contributed by atoms with E-state index < -0.39 is 5.79 Å². The molecule has 1 spiro atoms. The number of fused-ring (bicyclic) bond motifs is 1. The van der Waals surface area contributed by atoms with E-state index in [-0.39, 0.29) is 5.91 Å². The Hall–Kier alpha value is -2.84. The molecule has 0 atom stereocenters. The zero-order chi connectivity index (χ0) is 19.7. The largest absolute Gasteiger partial charge is 0.486 e. The van der Waals surface area contributed by atoms with E-state index in [9.17, 15) is 4.79 Å². The summed E-state index contributed by atoms with van der Waals surface area (Å²) < 4.78 is 22.7. The Morgan fingerprint density at radius 1 is 0.966 bits per heavy atom. The topological polar surface area (TPSA) is 82.2 Å². The minimum Gasteiger partial charge on any atom is -0.486 e. The number of carbonyl (C=O) groups excluding carboxylic acids is 1. The molecule has 1 aromatic heterocycles. The number of rotatable bonds is 3. The van der Waals surface area contributed by atoms with Crippen molar-refractivity contribution in [1.29, 1.82) is 0 Å². The lowest BCUT2D eigenvalue weighted by atomic mass is 10.0. The van der Waals surface area contributed by atoms with E-state index in [0.29, 0.717) is 49.3 Å². The van der Waals surface area contributed by atoms with Gasteiger partial charge >= 0.3 is 0 Å². The summed E-state index contributed by atoms with van der Waals surface area (Å²) >= 11 is 0. The first-order valence-electron chi connectivity index (χ1n) is 9.91. The van der Waals surface area contributed by atoms with Gasteiger partial charge in [0.1, 0.15) is 18.9 Å². The molecule has 1 amide bonds. The number of pyridine rings is 1. The number of anilines is 2. The summed E-state index contributed by atoms with van der Waals surface area (Å²) in [5, 5.41) is 2.88. The second-order valence-corrected chi connectivity index (χ2v) is 7.31. The smallest absolute Gasteiger partial charge is 0.274 e. The maximum atomic E-state index is 12.7. The number of nitrogens with one attached hydrogen (secondary N) is 1. The number of nitrogens with zero attached hydrogens (tertiary/aromatic N) is 2. The molecule has 5 rings (SSSR count). The second-order valence-electron chi connectivity index (χ2n) is 7.31. The quantitative estimate of drug-likeness (QED) is 0.852. The van der Waals surface area contributed by atoms with Gasteiger partial charge in [0.2, 0.25) is 0 Å². The van der Waals surface area contributed by atoms with Gasteiger partial charge in [0.25, 0.3) is 5.91 Å². The molecule has 3 aliphatic heterocycles. The van der Waals surface area contributed by atoms with Crippen molar-refractivity contribution in [3.05, 3.63) is 42.2 Å². The van der Waals surface area contributed by atoms with Gasteiger partial charge in [-0.1, -0.05) is 0 Å². The SMILES string of the molecule is O=C(Nc1ccc2c(c1)OCCO2)c1cc(N2CCC3(CC2)OCCO3)ccn1. The predicted octanol–water partition coefficient (Wildman–Crippen LogP) is 2.45. The molecule has 3 aliphatic rings. The zero-order valence-corrected chi connectivity index (χ0v) is 16.1. The van der Waals surface area contributed by atoms with E-state index in [2.05, 4.69) is 15.2 Å². The van der Waals surface area contributed by atoms with Gasteiger partial charge in [-0.25, -0.2) is 0 Å². The van der Waals surface area contributed by atoms with Crippen LogP contribution >= 0.6 is 0 Å². The van der Waals surface area contributed by atoms with Crippen LogP contribution in [-0.2, 0) is 9.47 Å². The van der Waals surface area contributed by atoms with Crippen LogP contribution in [0.1, 0.15) is 23.3 Å². The Balaban J connectivity index is 1.26. The first-order chi connectivity index (χ1) is 14.2. The summed E-state index contributed by atoms with van der Waals surface area (Å²) in [6.45, 7) is 3.99. The van der Waals surface area contributed by atoms with Gasteiger partial charge in [-0.2, -0.15) is 0 Å². The molecule has 0 aliphatic carbocycles. The number of hydrogen-bond acceptors (Lipinski definition) is 7. The van der Waals surface area contributed by atoms with Crippen LogP contribution in [0, 0.1) is 0 Å². The van der Waals surface area contributed by atoms with Gasteiger partial charge in [0, 0.05) is 49.6 Å². The summed E-state index contributed by atoms with van der Waals surface area (Å²) in [5.74, 6) is 0.642. The summed E-state index contributed by atoms with van der Waals surface area (Å²) in [4.78, 5) is 19.2. The molecule has 2 saturated heterocycles. The first-order valence-corrected chi connectivity index (χ1v) is 9.91. The fourth-order valence-electron chi connectivity index (χ4n) is 3.95. The van der Waals surface area contributed by atoms with E-state index >= 15 is 0 Å². The number of amides is 1. The molecule has 1 N–H and O–H groups in total. The fourth-order valence-corrected chi connectivity index (χ4v) is 3.95. The highest BCUT2D eigenvalue weighted by atomic mass is 16.7. The summed E-state index contributed by atoms with van der Waals surface area (Å²) in [6, 6.07) is 9.10. The lowest BCUT2D eigenvalue weighted by Crippen LogP contribution is -2.45. The van der Waals surface area contributed by atoms with Gasteiger partial charge in [-0.15, -0.1) is 0 Å². The van der Waals surface area contributed by atoms with Crippen molar-refractivity contribution < 1.29 is 23.7 Å². The van der Waals surface area contributed by atoms with E-state index in [1.807, 2.05) is 12.1 Å². The van der Waals surface area contributed by atoms with Crippen molar-refractivity contribution in [2.75, 3.05) is 49.7 Å². The third kappa shape index (κ3) is 3.73. The highest BCUT2D eigenvalue weighted by Gasteiger charge is 2.39. The Morgan fingerprint density at radius 2 is 1.72 bits per heavy atom. The van der Waals surface area contributed by atoms with Crippen molar-refractivity contribution in [2.45, 2.75) is 18.6 Å². The van der Waals surface area contributed by atoms with Crippen LogP contribution in [0.25, 0.3) is 0 Å². The molecule has 4 heterocycles. The number of benzene rings is 1. The highest BCUT2D eigenvalue weighted by Crippen LogP contribution is 2.34. The van der Waals surface area contributed by atoms with Crippen molar-refractivity contribution in [2.24, 2.45) is 0 Å². The maximum absolute atomic E-state index is 12.7. The molecule has 0 bridgehead atoms. The molecular weight excluding hydrogens is 374 g/mol. The van der Waals surface area contributed by atoms with Crippen molar-refractivity contribution in [3.8, 4) is 11.5 Å². The molecule has 8 nitrogen and oxygen atoms in total. The molecular formula is C21H23N3O5. The Labute approximate surface area is 168 Å². The third-order valence-corrected chi connectivity index (χ3v) is 5.48. The fraction of sp³-hybridized carbons (Fsp3) is 0.429. The summed E-state index contributed by atoms with van der Waals surface area (Å²) in [5.41, 5.74) is 1.98. The van der Waals surface area contributed by atoms with E-state index in [1.54, 1.807) is 24.4 Å². The van der Waals surface area contributed by atoms with Crippen LogP contribution in [0.4, 0.5) is 11.4 Å². The van der Waals surface area contributed by atoms with Crippen LogP contribution in [0.3, 0.4) is 0 Å². The molecule has 8 heteroatoms. The average Bonchev–Trinajstić information content (AvgIpc) is 3.22. The van der Waals surface area contributed by atoms with Gasteiger partial charge in [0.05, 0.1) is 13.2 Å². The monoisotopic (exact) mass is 397 g/mol. The van der Waals surface area contributed by atoms with Crippen LogP contribution in [0.2, 0.25) is 0 Å². The maximum Gasteiger partial charge on any atom is 0.274 e. The van der Waals surface area contributed by atoms with Crippen molar-refractivity contribution in [1.82, 2.24) is 4.98 Å². The summed E-state index contributed by atoms with van der Waals surface area (Å²) in [6.07, 6.45) is 3.29. The lowest BCUT2D eigenvalue weighted by Gasteiger charge is -2.38. The lowest BCUT2D eigenvalue weighted by molar-refractivity contribution is -0.169. The van der Waals surface area contributed by atoms with Gasteiger partial charge in [0.15, 0.2) is 17.3 Å². The molecule has 0 saturated carbocycles. The molecule has 1 aromatic carbocycles. The zero-order valence-electron chi connectivity index (χ0n) is 16.1. The average molecular weight is 397 g/mol. The van der Waals surface area contributed by atoms with E-state index in [0.717, 1.165) is 31.6 Å². The molecule has 2 fully saturated rings. The first kappa shape index (κ1) is 18.2. The highest BCUT2D eigenvalue weighted by molar-refractivity contribution is 6.03. The number of ether oxygens (including phenoxy) is 4. The third-order valence-electron chi connectivity index (χ3n) is 5.48. The molecule has 0 unspecified atom stereocenters. The number of carbonyl (C=O) groups is 1. The summed E-state index contributed by atoms with van der Waals surface area (Å²) in [7, 11) is 0. The van der Waals surface area contributed by atoms with Crippen LogP contribution in [0.15, 0.2) is 36.5 Å². The number of piperidine rings is 1. The normalized spacial score (nSPS) is 19.9. The molecule has 29 heavy (non-hydrogen) atoms. The van der Waals surface area contributed by atoms with Crippen LogP contribution < -0.4 is 19.7 Å². The molecule has 152 valence electrons.